The maximum absolute atomic E-state index is 6.26. The number of hydrogen-bond donors (Lipinski definition) is 1. The van der Waals surface area contributed by atoms with Crippen LogP contribution >= 0.6 is 27.5 Å². The highest BCUT2D eigenvalue weighted by Crippen LogP contribution is 2.34. The van der Waals surface area contributed by atoms with Gasteiger partial charge in [0.1, 0.15) is 0 Å². The van der Waals surface area contributed by atoms with Gasteiger partial charge < -0.3 is 5.73 Å². The lowest BCUT2D eigenvalue weighted by atomic mass is 9.94. The average molecular weight is 303 g/mol. The summed E-state index contributed by atoms with van der Waals surface area (Å²) < 4.78 is 1.07. The summed E-state index contributed by atoms with van der Waals surface area (Å²) in [4.78, 5) is 0. The van der Waals surface area contributed by atoms with E-state index < -0.39 is 0 Å². The Balaban J connectivity index is 2.07. The minimum Gasteiger partial charge on any atom is -0.324 e. The number of nitrogens with two attached hydrogens (primary N) is 1. The Morgan fingerprint density at radius 1 is 1.38 bits per heavy atom. The highest BCUT2D eigenvalue weighted by atomic mass is 79.9. The maximum Gasteiger partial charge on any atom is 0.0410 e. The van der Waals surface area contributed by atoms with Crippen LogP contribution in [0, 0.1) is 5.92 Å². The summed E-state index contributed by atoms with van der Waals surface area (Å²) in [6.45, 7) is 0. The number of rotatable bonds is 3. The van der Waals surface area contributed by atoms with E-state index in [0.717, 1.165) is 27.4 Å². The minimum absolute atomic E-state index is 0.108. The molecule has 1 aliphatic rings. The standard InChI is InChI=1S/C13H17BrClN/c14-12-6-5-10(15)8-11(12)13(16)7-9-3-1-2-4-9/h5-6,8-9,13H,1-4,7,16H2. The fourth-order valence-electron chi connectivity index (χ4n) is 2.53. The van der Waals surface area contributed by atoms with Crippen molar-refractivity contribution in [1.82, 2.24) is 0 Å². The van der Waals surface area contributed by atoms with E-state index in [0.29, 0.717) is 0 Å². The molecular weight excluding hydrogens is 286 g/mol. The second-order valence-electron chi connectivity index (χ2n) is 4.66. The zero-order valence-electron chi connectivity index (χ0n) is 9.26. The topological polar surface area (TPSA) is 26.0 Å². The Morgan fingerprint density at radius 2 is 2.06 bits per heavy atom. The van der Waals surface area contributed by atoms with Gasteiger partial charge >= 0.3 is 0 Å². The zero-order chi connectivity index (χ0) is 11.5. The molecule has 16 heavy (non-hydrogen) atoms. The first-order chi connectivity index (χ1) is 7.66. The Labute approximate surface area is 110 Å². The Hall–Kier alpha value is -0.0500. The molecule has 1 aromatic rings. The molecule has 88 valence electrons. The molecule has 1 aliphatic carbocycles. The van der Waals surface area contributed by atoms with Gasteiger partial charge in [-0.15, -0.1) is 0 Å². The summed E-state index contributed by atoms with van der Waals surface area (Å²) >= 11 is 9.54. The monoisotopic (exact) mass is 301 g/mol. The molecule has 1 aromatic carbocycles. The highest BCUT2D eigenvalue weighted by Gasteiger charge is 2.20. The fourth-order valence-corrected chi connectivity index (χ4v) is 3.25. The highest BCUT2D eigenvalue weighted by molar-refractivity contribution is 9.10. The van der Waals surface area contributed by atoms with E-state index in [9.17, 15) is 0 Å². The third-order valence-corrected chi connectivity index (χ3v) is 4.38. The first-order valence-corrected chi connectivity index (χ1v) is 7.04. The lowest BCUT2D eigenvalue weighted by Crippen LogP contribution is -2.14. The molecule has 1 fully saturated rings. The molecule has 1 saturated carbocycles. The third kappa shape index (κ3) is 2.99. The van der Waals surface area contributed by atoms with Crippen LogP contribution in [0.15, 0.2) is 22.7 Å². The van der Waals surface area contributed by atoms with Crippen molar-refractivity contribution in [2.24, 2.45) is 11.7 Å². The molecule has 2 N–H and O–H groups in total. The number of halogens is 2. The largest absolute Gasteiger partial charge is 0.324 e. The van der Waals surface area contributed by atoms with Gasteiger partial charge in [-0.2, -0.15) is 0 Å². The van der Waals surface area contributed by atoms with Crippen molar-refractivity contribution in [3.05, 3.63) is 33.3 Å². The van der Waals surface area contributed by atoms with E-state index in [-0.39, 0.29) is 6.04 Å². The molecule has 0 spiro atoms. The van der Waals surface area contributed by atoms with Gasteiger partial charge in [-0.3, -0.25) is 0 Å². The quantitative estimate of drug-likeness (QED) is 0.862. The normalized spacial score (nSPS) is 18.9. The van der Waals surface area contributed by atoms with Gasteiger partial charge in [-0.05, 0) is 36.1 Å². The molecule has 2 rings (SSSR count). The van der Waals surface area contributed by atoms with Crippen LogP contribution in [0.1, 0.15) is 43.7 Å². The van der Waals surface area contributed by atoms with E-state index in [1.807, 2.05) is 18.2 Å². The average Bonchev–Trinajstić information content (AvgIpc) is 2.74. The maximum atomic E-state index is 6.26. The molecule has 0 bridgehead atoms. The van der Waals surface area contributed by atoms with Crippen molar-refractivity contribution in [1.29, 1.82) is 0 Å². The number of hydrogen-bond acceptors (Lipinski definition) is 1. The van der Waals surface area contributed by atoms with Crippen LogP contribution in [0.4, 0.5) is 0 Å². The van der Waals surface area contributed by atoms with Crippen LogP contribution in [0.5, 0.6) is 0 Å². The van der Waals surface area contributed by atoms with Crippen LogP contribution in [-0.4, -0.2) is 0 Å². The van der Waals surface area contributed by atoms with Crippen LogP contribution in [0.25, 0.3) is 0 Å². The molecule has 0 amide bonds. The van der Waals surface area contributed by atoms with Gasteiger partial charge in [0.15, 0.2) is 0 Å². The van der Waals surface area contributed by atoms with Gasteiger partial charge in [0.25, 0.3) is 0 Å². The van der Waals surface area contributed by atoms with Crippen LogP contribution < -0.4 is 5.73 Å². The Kier molecular flexibility index (Phi) is 4.28. The smallest absolute Gasteiger partial charge is 0.0410 e. The van der Waals surface area contributed by atoms with E-state index in [1.165, 1.54) is 25.7 Å². The molecule has 1 nitrogen and oxygen atoms in total. The van der Waals surface area contributed by atoms with Gasteiger partial charge in [-0.1, -0.05) is 53.2 Å². The summed E-state index contributed by atoms with van der Waals surface area (Å²) in [7, 11) is 0. The van der Waals surface area contributed by atoms with Crippen LogP contribution in [-0.2, 0) is 0 Å². The number of benzene rings is 1. The van der Waals surface area contributed by atoms with Crippen molar-refractivity contribution in [3.8, 4) is 0 Å². The first kappa shape index (κ1) is 12.4. The van der Waals surface area contributed by atoms with Crippen molar-refractivity contribution in [3.63, 3.8) is 0 Å². The van der Waals surface area contributed by atoms with Gasteiger partial charge in [0.2, 0.25) is 0 Å². The van der Waals surface area contributed by atoms with Crippen molar-refractivity contribution >= 4 is 27.5 Å². The second-order valence-corrected chi connectivity index (χ2v) is 5.95. The zero-order valence-corrected chi connectivity index (χ0v) is 11.6. The van der Waals surface area contributed by atoms with Crippen molar-refractivity contribution in [2.45, 2.75) is 38.1 Å². The van der Waals surface area contributed by atoms with E-state index in [4.69, 9.17) is 17.3 Å². The van der Waals surface area contributed by atoms with Crippen molar-refractivity contribution < 1.29 is 0 Å². The van der Waals surface area contributed by atoms with Crippen LogP contribution in [0.2, 0.25) is 5.02 Å². The molecule has 1 atom stereocenters. The fraction of sp³-hybridized carbons (Fsp3) is 0.538. The molecule has 1 unspecified atom stereocenters. The first-order valence-electron chi connectivity index (χ1n) is 5.87. The van der Waals surface area contributed by atoms with Gasteiger partial charge in [0, 0.05) is 15.5 Å². The minimum atomic E-state index is 0.108. The molecule has 3 heteroatoms. The summed E-state index contributed by atoms with van der Waals surface area (Å²) in [6, 6.07) is 5.95. The molecule has 0 heterocycles. The predicted molar refractivity (Wildman–Crippen MR) is 72.7 cm³/mol. The SMILES string of the molecule is NC(CC1CCCC1)c1cc(Cl)ccc1Br. The van der Waals surface area contributed by atoms with E-state index >= 15 is 0 Å². The summed E-state index contributed by atoms with van der Waals surface area (Å²) in [5.74, 6) is 0.806. The molecular formula is C13H17BrClN. The Bertz CT molecular complexity index is 361. The van der Waals surface area contributed by atoms with Crippen molar-refractivity contribution in [2.75, 3.05) is 0 Å². The summed E-state index contributed by atoms with van der Waals surface area (Å²) in [6.07, 6.45) is 6.50. The Morgan fingerprint density at radius 3 is 2.75 bits per heavy atom. The van der Waals surface area contributed by atoms with Gasteiger partial charge in [0.05, 0.1) is 0 Å². The second kappa shape index (κ2) is 5.52. The lowest BCUT2D eigenvalue weighted by molar-refractivity contribution is 0.450. The summed E-state index contributed by atoms with van der Waals surface area (Å²) in [5, 5.41) is 0.764. The molecule has 0 aromatic heterocycles. The molecule has 0 saturated heterocycles. The lowest BCUT2D eigenvalue weighted by Gasteiger charge is -2.18. The van der Waals surface area contributed by atoms with Gasteiger partial charge in [-0.25, -0.2) is 0 Å². The van der Waals surface area contributed by atoms with E-state index in [1.54, 1.807) is 0 Å². The summed E-state index contributed by atoms with van der Waals surface area (Å²) in [5.41, 5.74) is 7.39. The van der Waals surface area contributed by atoms with Crippen LogP contribution in [0.3, 0.4) is 0 Å². The predicted octanol–water partition coefficient (Wildman–Crippen LogP) is 4.68. The van der Waals surface area contributed by atoms with E-state index in [2.05, 4.69) is 15.9 Å². The molecule has 0 radical (unpaired) electrons. The molecule has 0 aliphatic heterocycles. The third-order valence-electron chi connectivity index (χ3n) is 3.42.